The first kappa shape index (κ1) is 7.51. The number of carbonyl (C=O) groups excluding carboxylic acids is 2. The molecule has 1 atom stereocenters. The SMILES string of the molecule is O=C1ONC2CNCCN2C1=O. The van der Waals surface area contributed by atoms with Crippen molar-refractivity contribution < 1.29 is 14.4 Å². The third-order valence-electron chi connectivity index (χ3n) is 1.97. The number of hydroxylamine groups is 1. The van der Waals surface area contributed by atoms with Crippen molar-refractivity contribution in [2.45, 2.75) is 6.17 Å². The van der Waals surface area contributed by atoms with Gasteiger partial charge >= 0.3 is 11.9 Å². The van der Waals surface area contributed by atoms with E-state index in [4.69, 9.17) is 0 Å². The van der Waals surface area contributed by atoms with Crippen LogP contribution < -0.4 is 10.8 Å². The van der Waals surface area contributed by atoms with Gasteiger partial charge in [0.1, 0.15) is 6.17 Å². The van der Waals surface area contributed by atoms with Crippen LogP contribution in [0.25, 0.3) is 0 Å². The number of nitrogens with zero attached hydrogens (tertiary/aromatic N) is 1. The zero-order valence-electron chi connectivity index (χ0n) is 6.37. The average molecular weight is 171 g/mol. The molecule has 0 aromatic rings. The Bertz CT molecular complexity index is 230. The summed E-state index contributed by atoms with van der Waals surface area (Å²) in [4.78, 5) is 27.8. The molecule has 1 amide bonds. The van der Waals surface area contributed by atoms with Crippen molar-refractivity contribution in [3.8, 4) is 0 Å². The summed E-state index contributed by atoms with van der Waals surface area (Å²) in [6.45, 7) is 1.88. The van der Waals surface area contributed by atoms with Gasteiger partial charge in [-0.2, -0.15) is 0 Å². The van der Waals surface area contributed by atoms with Gasteiger partial charge < -0.3 is 15.1 Å². The first-order valence-electron chi connectivity index (χ1n) is 3.77. The Morgan fingerprint density at radius 2 is 2.33 bits per heavy atom. The summed E-state index contributed by atoms with van der Waals surface area (Å²) in [5, 5.41) is 3.07. The molecule has 1 unspecified atom stereocenters. The zero-order valence-corrected chi connectivity index (χ0v) is 6.37. The summed E-state index contributed by atoms with van der Waals surface area (Å²) in [5.41, 5.74) is 2.49. The van der Waals surface area contributed by atoms with Crippen LogP contribution in [-0.4, -0.2) is 42.6 Å². The molecule has 0 aliphatic carbocycles. The summed E-state index contributed by atoms with van der Waals surface area (Å²) in [7, 11) is 0. The molecule has 2 saturated heterocycles. The largest absolute Gasteiger partial charge is 0.415 e. The van der Waals surface area contributed by atoms with Gasteiger partial charge in [-0.25, -0.2) is 4.79 Å². The Balaban J connectivity index is 2.13. The maximum Gasteiger partial charge on any atom is 0.415 e. The Labute approximate surface area is 68.8 Å². The van der Waals surface area contributed by atoms with E-state index in [-0.39, 0.29) is 6.17 Å². The van der Waals surface area contributed by atoms with Crippen molar-refractivity contribution in [1.82, 2.24) is 15.7 Å². The van der Waals surface area contributed by atoms with Crippen LogP contribution in [0.1, 0.15) is 0 Å². The molecule has 2 aliphatic heterocycles. The molecule has 2 rings (SSSR count). The van der Waals surface area contributed by atoms with Gasteiger partial charge in [-0.1, -0.05) is 0 Å². The number of nitrogens with one attached hydrogen (secondary N) is 2. The number of fused-ring (bicyclic) bond motifs is 1. The van der Waals surface area contributed by atoms with Gasteiger partial charge in [0.05, 0.1) is 0 Å². The fourth-order valence-electron chi connectivity index (χ4n) is 1.34. The maximum atomic E-state index is 11.1. The Kier molecular flexibility index (Phi) is 1.70. The lowest BCUT2D eigenvalue weighted by Gasteiger charge is -2.37. The van der Waals surface area contributed by atoms with Crippen molar-refractivity contribution in [3.63, 3.8) is 0 Å². The van der Waals surface area contributed by atoms with Crippen LogP contribution in [0.2, 0.25) is 0 Å². The number of carbonyl (C=O) groups is 2. The van der Waals surface area contributed by atoms with E-state index in [0.29, 0.717) is 13.1 Å². The second kappa shape index (κ2) is 2.72. The van der Waals surface area contributed by atoms with E-state index in [1.54, 1.807) is 0 Å². The molecule has 2 heterocycles. The van der Waals surface area contributed by atoms with Gasteiger partial charge in [0.15, 0.2) is 0 Å². The molecule has 0 radical (unpaired) electrons. The van der Waals surface area contributed by atoms with Crippen LogP contribution in [-0.2, 0) is 14.4 Å². The molecule has 0 aromatic heterocycles. The molecule has 6 nitrogen and oxygen atoms in total. The Morgan fingerprint density at radius 3 is 3.17 bits per heavy atom. The van der Waals surface area contributed by atoms with E-state index in [0.717, 1.165) is 6.54 Å². The third-order valence-corrected chi connectivity index (χ3v) is 1.97. The molecule has 2 aliphatic rings. The smallest absolute Gasteiger partial charge is 0.361 e. The minimum Gasteiger partial charge on any atom is -0.361 e. The summed E-state index contributed by atoms with van der Waals surface area (Å²) >= 11 is 0. The van der Waals surface area contributed by atoms with Crippen LogP contribution in [0.15, 0.2) is 0 Å². The van der Waals surface area contributed by atoms with Crippen molar-refractivity contribution in [2.24, 2.45) is 0 Å². The van der Waals surface area contributed by atoms with Crippen LogP contribution in [0, 0.1) is 0 Å². The predicted molar refractivity (Wildman–Crippen MR) is 37.6 cm³/mol. The van der Waals surface area contributed by atoms with E-state index < -0.39 is 11.9 Å². The highest BCUT2D eigenvalue weighted by molar-refractivity contribution is 6.32. The molecular weight excluding hydrogens is 162 g/mol. The van der Waals surface area contributed by atoms with Crippen LogP contribution in [0.4, 0.5) is 0 Å². The molecular formula is C6H9N3O3. The van der Waals surface area contributed by atoms with Crippen LogP contribution >= 0.6 is 0 Å². The molecule has 0 aromatic carbocycles. The molecule has 66 valence electrons. The number of hydrogen-bond acceptors (Lipinski definition) is 5. The lowest BCUT2D eigenvalue weighted by atomic mass is 10.3. The van der Waals surface area contributed by atoms with E-state index in [1.807, 2.05) is 0 Å². The summed E-state index contributed by atoms with van der Waals surface area (Å²) < 4.78 is 0. The first-order valence-corrected chi connectivity index (χ1v) is 3.77. The average Bonchev–Trinajstić information content (AvgIpc) is 2.12. The summed E-state index contributed by atoms with van der Waals surface area (Å²) in [6.07, 6.45) is -0.205. The monoisotopic (exact) mass is 171 g/mol. The Morgan fingerprint density at radius 1 is 1.50 bits per heavy atom. The fourth-order valence-corrected chi connectivity index (χ4v) is 1.34. The van der Waals surface area contributed by atoms with E-state index in [2.05, 4.69) is 15.6 Å². The predicted octanol–water partition coefficient (Wildman–Crippen LogP) is -2.19. The second-order valence-corrected chi connectivity index (χ2v) is 2.73. The zero-order chi connectivity index (χ0) is 8.55. The lowest BCUT2D eigenvalue weighted by molar-refractivity contribution is -0.183. The highest BCUT2D eigenvalue weighted by atomic mass is 16.7. The van der Waals surface area contributed by atoms with Gasteiger partial charge in [0, 0.05) is 19.6 Å². The molecule has 0 spiro atoms. The number of amides is 1. The number of hydrogen-bond donors (Lipinski definition) is 2. The van der Waals surface area contributed by atoms with Gasteiger partial charge in [-0.05, 0) is 0 Å². The fraction of sp³-hybridized carbons (Fsp3) is 0.667. The second-order valence-electron chi connectivity index (χ2n) is 2.73. The van der Waals surface area contributed by atoms with Gasteiger partial charge in [0.25, 0.3) is 0 Å². The highest BCUT2D eigenvalue weighted by Gasteiger charge is 2.36. The van der Waals surface area contributed by atoms with E-state index in [1.165, 1.54) is 4.90 Å². The third kappa shape index (κ3) is 1.05. The molecule has 2 N–H and O–H groups in total. The summed E-state index contributed by atoms with van der Waals surface area (Å²) in [5.74, 6) is -1.38. The van der Waals surface area contributed by atoms with Gasteiger partial charge in [-0.15, -0.1) is 5.48 Å². The lowest BCUT2D eigenvalue weighted by Crippen LogP contribution is -2.65. The van der Waals surface area contributed by atoms with Crippen LogP contribution in [0.3, 0.4) is 0 Å². The minimum absolute atomic E-state index is 0.205. The van der Waals surface area contributed by atoms with Crippen molar-refractivity contribution in [2.75, 3.05) is 19.6 Å². The van der Waals surface area contributed by atoms with Gasteiger partial charge in [-0.3, -0.25) is 4.79 Å². The van der Waals surface area contributed by atoms with E-state index >= 15 is 0 Å². The first-order chi connectivity index (χ1) is 5.79. The van der Waals surface area contributed by atoms with Crippen molar-refractivity contribution in [3.05, 3.63) is 0 Å². The van der Waals surface area contributed by atoms with E-state index in [9.17, 15) is 9.59 Å². The number of piperazine rings is 1. The van der Waals surface area contributed by atoms with Gasteiger partial charge in [0.2, 0.25) is 0 Å². The molecule has 12 heavy (non-hydrogen) atoms. The molecule has 6 heteroatoms. The number of rotatable bonds is 0. The van der Waals surface area contributed by atoms with Crippen molar-refractivity contribution >= 4 is 11.9 Å². The highest BCUT2D eigenvalue weighted by Crippen LogP contribution is 2.06. The molecule has 0 bridgehead atoms. The van der Waals surface area contributed by atoms with Crippen LogP contribution in [0.5, 0.6) is 0 Å². The van der Waals surface area contributed by atoms with Crippen molar-refractivity contribution in [1.29, 1.82) is 0 Å². The topological polar surface area (TPSA) is 70.7 Å². The molecule has 2 fully saturated rings. The maximum absolute atomic E-state index is 11.1. The standard InChI is InChI=1S/C6H9N3O3/c10-5-6(11)12-8-4-3-7-1-2-9(4)5/h4,7-8H,1-3H2. The normalized spacial score (nSPS) is 29.7. The quantitative estimate of drug-likeness (QED) is 0.405. The minimum atomic E-state index is -0.826. The molecule has 0 saturated carbocycles. The summed E-state index contributed by atoms with van der Waals surface area (Å²) in [6, 6.07) is 0. The Hall–Kier alpha value is -1.14.